The fourth-order valence-electron chi connectivity index (χ4n) is 2.38. The number of nitrogens with zero attached hydrogens (tertiary/aromatic N) is 5. The van der Waals surface area contributed by atoms with E-state index in [1.165, 1.54) is 6.33 Å². The molecule has 2 aromatic carbocycles. The zero-order chi connectivity index (χ0) is 16.5. The number of benzene rings is 2. The summed E-state index contributed by atoms with van der Waals surface area (Å²) in [5.74, 6) is 0.935. The molecule has 0 spiro atoms. The third kappa shape index (κ3) is 2.50. The van der Waals surface area contributed by atoms with Crippen LogP contribution in [0.15, 0.2) is 54.9 Å². The Morgan fingerprint density at radius 3 is 2.79 bits per heavy atom. The highest BCUT2D eigenvalue weighted by atomic mass is 35.5. The summed E-state index contributed by atoms with van der Waals surface area (Å²) in [5, 5.41) is 12.0. The van der Waals surface area contributed by atoms with Crippen LogP contribution in [-0.2, 0) is 0 Å². The average molecular weight is 338 g/mol. The Balaban J connectivity index is 1.78. The molecule has 0 saturated heterocycles. The van der Waals surface area contributed by atoms with Gasteiger partial charge in [-0.1, -0.05) is 35.0 Å². The first-order valence-electron chi connectivity index (χ1n) is 7.16. The number of aromatic nitrogens is 5. The standard InChI is InChI=1S/C16H12ClN7/c17-10-4-3-5-11(8-10)21-15-14(18)16(20-9-19-15)24-13-7-2-1-6-12(13)22-23-24/h1-9H,18H2,(H,19,20,21). The molecule has 0 bridgehead atoms. The molecule has 0 atom stereocenters. The van der Waals surface area contributed by atoms with Crippen molar-refractivity contribution < 1.29 is 0 Å². The van der Waals surface area contributed by atoms with E-state index >= 15 is 0 Å². The van der Waals surface area contributed by atoms with E-state index in [2.05, 4.69) is 25.6 Å². The quantitative estimate of drug-likeness (QED) is 0.596. The van der Waals surface area contributed by atoms with Gasteiger partial charge >= 0.3 is 0 Å². The third-order valence-corrected chi connectivity index (χ3v) is 3.74. The second-order valence-electron chi connectivity index (χ2n) is 5.08. The van der Waals surface area contributed by atoms with Crippen LogP contribution in [0.1, 0.15) is 0 Å². The monoisotopic (exact) mass is 337 g/mol. The molecule has 0 unspecified atom stereocenters. The largest absolute Gasteiger partial charge is 0.393 e. The number of anilines is 3. The molecule has 118 valence electrons. The number of hydrogen-bond donors (Lipinski definition) is 2. The molecule has 0 saturated carbocycles. The van der Waals surface area contributed by atoms with Gasteiger partial charge in [0.1, 0.15) is 17.5 Å². The molecule has 0 fully saturated rings. The first-order chi connectivity index (χ1) is 11.7. The molecular formula is C16H12ClN7. The lowest BCUT2D eigenvalue weighted by Crippen LogP contribution is -2.08. The fraction of sp³-hybridized carbons (Fsp3) is 0. The number of rotatable bonds is 3. The van der Waals surface area contributed by atoms with Crippen LogP contribution in [0.4, 0.5) is 17.2 Å². The molecule has 0 aliphatic carbocycles. The van der Waals surface area contributed by atoms with Crippen LogP contribution in [0, 0.1) is 0 Å². The Morgan fingerprint density at radius 1 is 1.04 bits per heavy atom. The van der Waals surface area contributed by atoms with Gasteiger partial charge in [-0.3, -0.25) is 0 Å². The Kier molecular flexibility index (Phi) is 3.47. The number of hydrogen-bond acceptors (Lipinski definition) is 6. The average Bonchev–Trinajstić information content (AvgIpc) is 3.01. The van der Waals surface area contributed by atoms with Crippen molar-refractivity contribution >= 4 is 39.8 Å². The molecule has 3 N–H and O–H groups in total. The molecule has 7 nitrogen and oxygen atoms in total. The third-order valence-electron chi connectivity index (χ3n) is 3.50. The minimum Gasteiger partial charge on any atom is -0.393 e. The predicted molar refractivity (Wildman–Crippen MR) is 93.6 cm³/mol. The first-order valence-corrected chi connectivity index (χ1v) is 7.54. The first kappa shape index (κ1) is 14.4. The Labute approximate surface area is 142 Å². The van der Waals surface area contributed by atoms with Crippen LogP contribution in [-0.4, -0.2) is 25.0 Å². The van der Waals surface area contributed by atoms with Gasteiger partial charge in [0.25, 0.3) is 0 Å². The summed E-state index contributed by atoms with van der Waals surface area (Å²) in [6.45, 7) is 0. The van der Waals surface area contributed by atoms with Crippen LogP contribution in [0.3, 0.4) is 0 Å². The molecule has 0 aliphatic rings. The summed E-state index contributed by atoms with van der Waals surface area (Å²) in [6.07, 6.45) is 1.43. The topological polar surface area (TPSA) is 94.5 Å². The molecule has 4 aromatic rings. The minimum absolute atomic E-state index is 0.369. The lowest BCUT2D eigenvalue weighted by Gasteiger charge is -2.11. The van der Waals surface area contributed by atoms with Crippen molar-refractivity contribution in [2.75, 3.05) is 11.1 Å². The molecule has 0 amide bonds. The van der Waals surface area contributed by atoms with E-state index in [0.29, 0.717) is 22.3 Å². The van der Waals surface area contributed by atoms with Gasteiger partial charge in [0.05, 0.1) is 5.52 Å². The maximum Gasteiger partial charge on any atom is 0.184 e. The van der Waals surface area contributed by atoms with Gasteiger partial charge in [-0.05, 0) is 30.3 Å². The summed E-state index contributed by atoms with van der Waals surface area (Å²) < 4.78 is 1.59. The normalized spacial score (nSPS) is 10.9. The molecule has 8 heteroatoms. The highest BCUT2D eigenvalue weighted by Crippen LogP contribution is 2.27. The van der Waals surface area contributed by atoms with Gasteiger partial charge in [-0.15, -0.1) is 5.10 Å². The summed E-state index contributed by atoms with van der Waals surface area (Å²) >= 11 is 6.00. The maximum absolute atomic E-state index is 6.24. The van der Waals surface area contributed by atoms with E-state index in [4.69, 9.17) is 17.3 Å². The lowest BCUT2D eigenvalue weighted by molar-refractivity contribution is 0.800. The molecule has 24 heavy (non-hydrogen) atoms. The summed E-state index contributed by atoms with van der Waals surface area (Å²) in [4.78, 5) is 8.45. The van der Waals surface area contributed by atoms with E-state index < -0.39 is 0 Å². The molecular weight excluding hydrogens is 326 g/mol. The zero-order valence-corrected chi connectivity index (χ0v) is 13.1. The van der Waals surface area contributed by atoms with Crippen molar-refractivity contribution in [1.82, 2.24) is 25.0 Å². The summed E-state index contributed by atoms with van der Waals surface area (Å²) in [7, 11) is 0. The van der Waals surface area contributed by atoms with Gasteiger partial charge in [0, 0.05) is 10.7 Å². The van der Waals surface area contributed by atoms with Crippen LogP contribution < -0.4 is 11.1 Å². The number of halogens is 1. The van der Waals surface area contributed by atoms with Crippen LogP contribution in [0.2, 0.25) is 5.02 Å². The Bertz CT molecular complexity index is 1030. The molecule has 2 heterocycles. The molecule has 4 rings (SSSR count). The lowest BCUT2D eigenvalue weighted by atomic mass is 10.3. The highest BCUT2D eigenvalue weighted by Gasteiger charge is 2.14. The van der Waals surface area contributed by atoms with Crippen LogP contribution >= 0.6 is 11.6 Å². The zero-order valence-electron chi connectivity index (χ0n) is 12.4. The number of para-hydroxylation sites is 1. The predicted octanol–water partition coefficient (Wildman–Crippen LogP) is 3.19. The second kappa shape index (κ2) is 5.78. The van der Waals surface area contributed by atoms with Gasteiger partial charge in [-0.2, -0.15) is 4.68 Å². The van der Waals surface area contributed by atoms with E-state index in [0.717, 1.165) is 16.7 Å². The van der Waals surface area contributed by atoms with E-state index in [9.17, 15) is 0 Å². The van der Waals surface area contributed by atoms with Crippen molar-refractivity contribution in [2.45, 2.75) is 0 Å². The minimum atomic E-state index is 0.369. The van der Waals surface area contributed by atoms with Gasteiger partial charge in [0.2, 0.25) is 0 Å². The van der Waals surface area contributed by atoms with E-state index in [1.807, 2.05) is 36.4 Å². The van der Waals surface area contributed by atoms with Crippen molar-refractivity contribution in [1.29, 1.82) is 0 Å². The van der Waals surface area contributed by atoms with E-state index in [1.54, 1.807) is 16.8 Å². The van der Waals surface area contributed by atoms with Crippen molar-refractivity contribution in [3.05, 3.63) is 59.9 Å². The number of nitrogens with two attached hydrogens (primary N) is 1. The Hall–Kier alpha value is -3.19. The second-order valence-corrected chi connectivity index (χ2v) is 5.52. The highest BCUT2D eigenvalue weighted by molar-refractivity contribution is 6.30. The van der Waals surface area contributed by atoms with Gasteiger partial charge in [-0.25, -0.2) is 9.97 Å². The van der Waals surface area contributed by atoms with Gasteiger partial charge < -0.3 is 11.1 Å². The van der Waals surface area contributed by atoms with Crippen molar-refractivity contribution in [3.63, 3.8) is 0 Å². The van der Waals surface area contributed by atoms with E-state index in [-0.39, 0.29) is 0 Å². The molecule has 0 radical (unpaired) electrons. The van der Waals surface area contributed by atoms with Crippen LogP contribution in [0.25, 0.3) is 16.9 Å². The Morgan fingerprint density at radius 2 is 1.92 bits per heavy atom. The number of nitrogens with one attached hydrogen (secondary N) is 1. The smallest absolute Gasteiger partial charge is 0.184 e. The van der Waals surface area contributed by atoms with Crippen molar-refractivity contribution in [2.24, 2.45) is 0 Å². The fourth-order valence-corrected chi connectivity index (χ4v) is 2.57. The van der Waals surface area contributed by atoms with Crippen molar-refractivity contribution in [3.8, 4) is 5.82 Å². The molecule has 0 aliphatic heterocycles. The van der Waals surface area contributed by atoms with Crippen LogP contribution in [0.5, 0.6) is 0 Å². The summed E-state index contributed by atoms with van der Waals surface area (Å²) in [5.41, 5.74) is 8.97. The molecule has 2 aromatic heterocycles. The number of fused-ring (bicyclic) bond motifs is 1. The van der Waals surface area contributed by atoms with Gasteiger partial charge in [0.15, 0.2) is 11.6 Å². The summed E-state index contributed by atoms with van der Waals surface area (Å²) in [6, 6.07) is 14.9. The maximum atomic E-state index is 6.24. The number of nitrogen functional groups attached to an aromatic ring is 1. The SMILES string of the molecule is Nc1c(Nc2cccc(Cl)c2)ncnc1-n1nnc2ccccc21.